The minimum atomic E-state index is 0.928. The van der Waals surface area contributed by atoms with E-state index >= 15 is 0 Å². The summed E-state index contributed by atoms with van der Waals surface area (Å²) in [5, 5.41) is 1.33. The molecule has 0 aliphatic heterocycles. The third kappa shape index (κ3) is 1.38. The molecule has 14 heavy (non-hydrogen) atoms. The van der Waals surface area contributed by atoms with Gasteiger partial charge in [0.05, 0.1) is 5.52 Å². The molecule has 0 unspecified atom stereocenters. The SMILES string of the molecule is Brc1cccc2ccn(CC3CC3)c12. The lowest BCUT2D eigenvalue weighted by Crippen LogP contribution is -1.97. The van der Waals surface area contributed by atoms with Crippen LogP contribution in [0.4, 0.5) is 0 Å². The third-order valence-electron chi connectivity index (χ3n) is 2.89. The van der Waals surface area contributed by atoms with Crippen LogP contribution >= 0.6 is 15.9 Å². The highest BCUT2D eigenvalue weighted by molar-refractivity contribution is 9.10. The van der Waals surface area contributed by atoms with Gasteiger partial charge >= 0.3 is 0 Å². The lowest BCUT2D eigenvalue weighted by atomic mass is 10.2. The third-order valence-corrected chi connectivity index (χ3v) is 3.53. The zero-order chi connectivity index (χ0) is 9.54. The maximum Gasteiger partial charge on any atom is 0.0624 e. The molecule has 0 amide bonds. The molecule has 1 aliphatic carbocycles. The summed E-state index contributed by atoms with van der Waals surface area (Å²) in [5.41, 5.74) is 1.35. The Morgan fingerprint density at radius 3 is 2.93 bits per heavy atom. The molecule has 1 fully saturated rings. The highest BCUT2D eigenvalue weighted by atomic mass is 79.9. The average Bonchev–Trinajstić information content (AvgIpc) is 2.88. The van der Waals surface area contributed by atoms with E-state index in [1.165, 1.54) is 34.8 Å². The average molecular weight is 250 g/mol. The van der Waals surface area contributed by atoms with Gasteiger partial charge in [-0.3, -0.25) is 0 Å². The number of aromatic nitrogens is 1. The van der Waals surface area contributed by atoms with Gasteiger partial charge in [-0.1, -0.05) is 12.1 Å². The van der Waals surface area contributed by atoms with Crippen LogP contribution in [0.2, 0.25) is 0 Å². The molecule has 2 aromatic rings. The van der Waals surface area contributed by atoms with Crippen LogP contribution in [0.5, 0.6) is 0 Å². The number of hydrogen-bond acceptors (Lipinski definition) is 0. The zero-order valence-corrected chi connectivity index (χ0v) is 9.50. The van der Waals surface area contributed by atoms with Gasteiger partial charge in [0.2, 0.25) is 0 Å². The Kier molecular flexibility index (Phi) is 1.91. The first-order valence-corrected chi connectivity index (χ1v) is 5.87. The van der Waals surface area contributed by atoms with E-state index in [1.807, 2.05) is 0 Å². The van der Waals surface area contributed by atoms with Crippen molar-refractivity contribution in [3.8, 4) is 0 Å². The topological polar surface area (TPSA) is 4.93 Å². The highest BCUT2D eigenvalue weighted by Gasteiger charge is 2.22. The predicted molar refractivity (Wildman–Crippen MR) is 62.4 cm³/mol. The number of hydrogen-bond donors (Lipinski definition) is 0. The Balaban J connectivity index is 2.13. The van der Waals surface area contributed by atoms with Crippen molar-refractivity contribution in [1.82, 2.24) is 4.57 Å². The lowest BCUT2D eigenvalue weighted by Gasteiger charge is -2.05. The van der Waals surface area contributed by atoms with Crippen LogP contribution in [-0.4, -0.2) is 4.57 Å². The van der Waals surface area contributed by atoms with E-state index in [9.17, 15) is 0 Å². The minimum Gasteiger partial charge on any atom is -0.346 e. The fraction of sp³-hybridized carbons (Fsp3) is 0.333. The molecule has 0 radical (unpaired) electrons. The molecule has 0 bridgehead atoms. The fourth-order valence-corrected chi connectivity index (χ4v) is 2.55. The van der Waals surface area contributed by atoms with Crippen molar-refractivity contribution in [3.05, 3.63) is 34.9 Å². The van der Waals surface area contributed by atoms with Crippen molar-refractivity contribution in [2.45, 2.75) is 19.4 Å². The zero-order valence-electron chi connectivity index (χ0n) is 7.91. The fourth-order valence-electron chi connectivity index (χ4n) is 1.95. The molecule has 0 spiro atoms. The summed E-state index contributed by atoms with van der Waals surface area (Å²) in [7, 11) is 0. The van der Waals surface area contributed by atoms with E-state index in [0.29, 0.717) is 0 Å². The summed E-state index contributed by atoms with van der Waals surface area (Å²) >= 11 is 3.62. The molecular formula is C12H12BrN. The first-order chi connectivity index (χ1) is 6.84. The molecule has 0 N–H and O–H groups in total. The normalized spacial score (nSPS) is 16.4. The molecule has 0 atom stereocenters. The second kappa shape index (κ2) is 3.13. The largest absolute Gasteiger partial charge is 0.346 e. The van der Waals surface area contributed by atoms with Crippen LogP contribution in [0.25, 0.3) is 10.9 Å². The van der Waals surface area contributed by atoms with E-state index < -0.39 is 0 Å². The van der Waals surface area contributed by atoms with Crippen molar-refractivity contribution >= 4 is 26.8 Å². The molecule has 1 aromatic carbocycles. The molecule has 1 heterocycles. The van der Waals surface area contributed by atoms with Gasteiger partial charge in [-0.05, 0) is 46.8 Å². The van der Waals surface area contributed by atoms with Gasteiger partial charge in [0.1, 0.15) is 0 Å². The summed E-state index contributed by atoms with van der Waals surface area (Å²) in [5.74, 6) is 0.928. The van der Waals surface area contributed by atoms with Crippen molar-refractivity contribution < 1.29 is 0 Å². The first-order valence-electron chi connectivity index (χ1n) is 5.08. The summed E-state index contributed by atoms with van der Waals surface area (Å²) in [6, 6.07) is 8.57. The van der Waals surface area contributed by atoms with E-state index in [1.54, 1.807) is 0 Å². The monoisotopic (exact) mass is 249 g/mol. The Bertz CT molecular complexity index is 468. The van der Waals surface area contributed by atoms with Crippen molar-refractivity contribution in [2.75, 3.05) is 0 Å². The Morgan fingerprint density at radius 2 is 2.14 bits per heavy atom. The summed E-state index contributed by atoms with van der Waals surface area (Å²) < 4.78 is 3.58. The standard InChI is InChI=1S/C12H12BrN/c13-11-3-1-2-10-6-7-14(12(10)11)8-9-4-5-9/h1-3,6-7,9H,4-5,8H2. The van der Waals surface area contributed by atoms with E-state index in [4.69, 9.17) is 0 Å². The molecule has 3 rings (SSSR count). The van der Waals surface area contributed by atoms with E-state index in [2.05, 4.69) is 51.0 Å². The quantitative estimate of drug-likeness (QED) is 0.763. The summed E-state index contributed by atoms with van der Waals surface area (Å²) in [6.07, 6.45) is 5.02. The highest BCUT2D eigenvalue weighted by Crippen LogP contribution is 2.33. The molecular weight excluding hydrogens is 238 g/mol. The Hall–Kier alpha value is -0.760. The van der Waals surface area contributed by atoms with Crippen molar-refractivity contribution in [3.63, 3.8) is 0 Å². The number of benzene rings is 1. The Labute approximate surface area is 91.9 Å². The number of rotatable bonds is 2. The minimum absolute atomic E-state index is 0.928. The number of nitrogens with zero attached hydrogens (tertiary/aromatic N) is 1. The second-order valence-corrected chi connectivity index (χ2v) is 4.94. The van der Waals surface area contributed by atoms with E-state index in [-0.39, 0.29) is 0 Å². The molecule has 72 valence electrons. The number of para-hydroxylation sites is 1. The molecule has 1 saturated carbocycles. The molecule has 2 heteroatoms. The number of fused-ring (bicyclic) bond motifs is 1. The number of halogens is 1. The van der Waals surface area contributed by atoms with Gasteiger partial charge in [0.25, 0.3) is 0 Å². The van der Waals surface area contributed by atoms with Crippen molar-refractivity contribution in [1.29, 1.82) is 0 Å². The lowest BCUT2D eigenvalue weighted by molar-refractivity contribution is 0.647. The first kappa shape index (κ1) is 8.54. The van der Waals surface area contributed by atoms with Gasteiger partial charge in [0, 0.05) is 22.6 Å². The van der Waals surface area contributed by atoms with Gasteiger partial charge in [-0.25, -0.2) is 0 Å². The van der Waals surface area contributed by atoms with Crippen LogP contribution in [0, 0.1) is 5.92 Å². The molecule has 1 aromatic heterocycles. The van der Waals surface area contributed by atoms with Crippen LogP contribution in [-0.2, 0) is 6.54 Å². The summed E-state index contributed by atoms with van der Waals surface area (Å²) in [6.45, 7) is 1.19. The van der Waals surface area contributed by atoms with Crippen LogP contribution in [0.1, 0.15) is 12.8 Å². The maximum absolute atomic E-state index is 3.62. The Morgan fingerprint density at radius 1 is 1.29 bits per heavy atom. The maximum atomic E-state index is 3.62. The molecule has 1 nitrogen and oxygen atoms in total. The summed E-state index contributed by atoms with van der Waals surface area (Å²) in [4.78, 5) is 0. The van der Waals surface area contributed by atoms with Crippen LogP contribution < -0.4 is 0 Å². The smallest absolute Gasteiger partial charge is 0.0624 e. The van der Waals surface area contributed by atoms with Gasteiger partial charge < -0.3 is 4.57 Å². The van der Waals surface area contributed by atoms with Crippen LogP contribution in [0.15, 0.2) is 34.9 Å². The van der Waals surface area contributed by atoms with E-state index in [0.717, 1.165) is 5.92 Å². The van der Waals surface area contributed by atoms with Gasteiger partial charge in [-0.2, -0.15) is 0 Å². The van der Waals surface area contributed by atoms with Gasteiger partial charge in [0.15, 0.2) is 0 Å². The van der Waals surface area contributed by atoms with Gasteiger partial charge in [-0.15, -0.1) is 0 Å². The molecule has 0 saturated heterocycles. The second-order valence-electron chi connectivity index (χ2n) is 4.09. The molecule has 1 aliphatic rings. The van der Waals surface area contributed by atoms with Crippen molar-refractivity contribution in [2.24, 2.45) is 5.92 Å². The van der Waals surface area contributed by atoms with Crippen LogP contribution in [0.3, 0.4) is 0 Å². The predicted octanol–water partition coefficient (Wildman–Crippen LogP) is 3.81.